The van der Waals surface area contributed by atoms with Gasteiger partial charge in [-0.3, -0.25) is 4.79 Å². The van der Waals surface area contributed by atoms with Crippen LogP contribution < -0.4 is 5.32 Å². The maximum atomic E-state index is 9.45. The van der Waals surface area contributed by atoms with E-state index in [1.54, 1.807) is 0 Å². The van der Waals surface area contributed by atoms with Gasteiger partial charge in [0.25, 0.3) is 0 Å². The molecule has 0 heterocycles. The normalized spacial score (nSPS) is 7.57. The van der Waals surface area contributed by atoms with Crippen molar-refractivity contribution < 1.29 is 9.90 Å². The van der Waals surface area contributed by atoms with Crippen molar-refractivity contribution in [2.45, 2.75) is 41.0 Å². The number of nitrogens with one attached hydrogen (secondary N) is 1. The molecule has 0 spiro atoms. The van der Waals surface area contributed by atoms with Gasteiger partial charge >= 0.3 is 0 Å². The van der Waals surface area contributed by atoms with Crippen LogP contribution in [0.4, 0.5) is 0 Å². The van der Waals surface area contributed by atoms with Gasteiger partial charge in [0.1, 0.15) is 5.76 Å². The lowest BCUT2D eigenvalue weighted by atomic mass is 10.3. The number of carbonyl (C=O) groups excluding carboxylic acids is 1. The number of aliphatic hydroxyl groups is 1. The minimum atomic E-state index is -0.0351. The molecule has 0 fully saturated rings. The Morgan fingerprint density at radius 2 is 1.71 bits per heavy atom. The Hall–Kier alpha value is -0.990. The van der Waals surface area contributed by atoms with Crippen molar-refractivity contribution in [2.75, 3.05) is 6.54 Å². The van der Waals surface area contributed by atoms with Gasteiger partial charge in [-0.2, -0.15) is 0 Å². The van der Waals surface area contributed by atoms with Crippen molar-refractivity contribution in [2.24, 2.45) is 5.92 Å². The van der Waals surface area contributed by atoms with Gasteiger partial charge in [0.15, 0.2) is 0 Å². The highest BCUT2D eigenvalue weighted by atomic mass is 16.3. The summed E-state index contributed by atoms with van der Waals surface area (Å²) in [6, 6.07) is 0. The summed E-state index contributed by atoms with van der Waals surface area (Å²) in [7, 11) is 0. The first-order valence-electron chi connectivity index (χ1n) is 4.95. The summed E-state index contributed by atoms with van der Waals surface area (Å²) in [5.41, 5.74) is 0. The Bertz CT molecular complexity index is 120. The summed E-state index contributed by atoms with van der Waals surface area (Å²) in [5.74, 6) is 0.798. The second-order valence-corrected chi connectivity index (χ2v) is 3.50. The molecule has 0 saturated carbocycles. The number of hydrogen-bond acceptors (Lipinski definition) is 2. The molecule has 0 rings (SSSR count). The van der Waals surface area contributed by atoms with Crippen LogP contribution in [0.2, 0.25) is 0 Å². The van der Waals surface area contributed by atoms with Crippen molar-refractivity contribution in [3.63, 3.8) is 0 Å². The fourth-order valence-electron chi connectivity index (χ4n) is 0.159. The van der Waals surface area contributed by atoms with Gasteiger partial charge in [-0.15, -0.1) is 0 Å². The second kappa shape index (κ2) is 17.9. The van der Waals surface area contributed by atoms with E-state index in [4.69, 9.17) is 5.11 Å². The van der Waals surface area contributed by atoms with Crippen LogP contribution >= 0.6 is 0 Å². The maximum Gasteiger partial charge on any atom is 0.207 e. The second-order valence-electron chi connectivity index (χ2n) is 3.50. The first-order valence-corrected chi connectivity index (χ1v) is 4.95. The van der Waals surface area contributed by atoms with Crippen LogP contribution in [0, 0.1) is 5.92 Å². The summed E-state index contributed by atoms with van der Waals surface area (Å²) in [5, 5.41) is 10.5. The first-order chi connectivity index (χ1) is 6.42. The molecule has 0 aromatic rings. The van der Waals surface area contributed by atoms with Gasteiger partial charge in [-0.25, -0.2) is 0 Å². The molecule has 3 nitrogen and oxygen atoms in total. The predicted octanol–water partition coefficient (Wildman–Crippen LogP) is 2.88. The van der Waals surface area contributed by atoms with Crippen LogP contribution in [0.15, 0.2) is 12.3 Å². The number of hydrogen-bond donors (Lipinski definition) is 2. The van der Waals surface area contributed by atoms with E-state index < -0.39 is 0 Å². The van der Waals surface area contributed by atoms with Gasteiger partial charge in [-0.05, 0) is 5.92 Å². The smallest absolute Gasteiger partial charge is 0.207 e. The molecule has 3 heteroatoms. The molecule has 2 N–H and O–H groups in total. The topological polar surface area (TPSA) is 49.3 Å². The quantitative estimate of drug-likeness (QED) is 0.547. The molecule has 0 aliphatic carbocycles. The average molecular weight is 203 g/mol. The highest BCUT2D eigenvalue weighted by Gasteiger charge is 1.80. The van der Waals surface area contributed by atoms with E-state index in [2.05, 4.69) is 46.5 Å². The molecule has 0 aromatic carbocycles. The summed E-state index contributed by atoms with van der Waals surface area (Å²) >= 11 is 0. The van der Waals surface area contributed by atoms with Crippen molar-refractivity contribution in [3.05, 3.63) is 12.3 Å². The van der Waals surface area contributed by atoms with E-state index in [1.165, 1.54) is 6.42 Å². The lowest BCUT2D eigenvalue weighted by Gasteiger charge is -1.90. The molecular weight excluding hydrogens is 178 g/mol. The molecule has 0 aliphatic heterocycles. The minimum absolute atomic E-state index is 0.0351. The van der Waals surface area contributed by atoms with Gasteiger partial charge in [0.2, 0.25) is 6.41 Å². The Morgan fingerprint density at radius 1 is 1.43 bits per heavy atom. The summed E-state index contributed by atoms with van der Waals surface area (Å²) < 4.78 is 0. The standard InChI is InChI=1S/C4H7NO2.C4H10.C3H8/c1-4(7)2-5-3-6;1-4(2)3;1-3-2/h3,7H,1-2H2,(H,5,6);4H,1-3H3;3H2,1-2H3. The zero-order valence-corrected chi connectivity index (χ0v) is 10.1. The van der Waals surface area contributed by atoms with Gasteiger partial charge in [0.05, 0.1) is 6.54 Å². The third-order valence-corrected chi connectivity index (χ3v) is 0.389. The monoisotopic (exact) mass is 203 g/mol. The molecule has 0 radical (unpaired) electrons. The van der Waals surface area contributed by atoms with Crippen LogP contribution in [0.1, 0.15) is 41.0 Å². The molecule has 0 bridgehead atoms. The van der Waals surface area contributed by atoms with Crippen molar-refractivity contribution in [1.29, 1.82) is 0 Å². The molecular formula is C11H25NO2. The van der Waals surface area contributed by atoms with Crippen molar-refractivity contribution >= 4 is 6.41 Å². The van der Waals surface area contributed by atoms with E-state index >= 15 is 0 Å². The molecule has 86 valence electrons. The zero-order chi connectivity index (χ0) is 12.0. The van der Waals surface area contributed by atoms with E-state index in [0.29, 0.717) is 6.41 Å². The van der Waals surface area contributed by atoms with Crippen LogP contribution in [0.25, 0.3) is 0 Å². The highest BCUT2D eigenvalue weighted by Crippen LogP contribution is 1.81. The Labute approximate surface area is 88.2 Å². The number of carbonyl (C=O) groups is 1. The minimum Gasteiger partial charge on any atom is -0.511 e. The fraction of sp³-hybridized carbons (Fsp3) is 0.727. The average Bonchev–Trinajstić information content (AvgIpc) is 2.01. The van der Waals surface area contributed by atoms with E-state index in [1.807, 2.05) is 0 Å². The summed E-state index contributed by atoms with van der Waals surface area (Å²) in [6.45, 7) is 14.0. The Morgan fingerprint density at radius 3 is 1.79 bits per heavy atom. The van der Waals surface area contributed by atoms with Crippen LogP contribution in [-0.2, 0) is 4.79 Å². The SMILES string of the molecule is C=C(O)CNC=O.CC(C)C.CCC. The third kappa shape index (κ3) is 122. The molecule has 0 saturated heterocycles. The molecule has 0 atom stereocenters. The number of aliphatic hydroxyl groups excluding tert-OH is 1. The first kappa shape index (κ1) is 18.7. The van der Waals surface area contributed by atoms with E-state index in [0.717, 1.165) is 5.92 Å². The van der Waals surface area contributed by atoms with E-state index in [9.17, 15) is 4.79 Å². The van der Waals surface area contributed by atoms with Crippen LogP contribution in [0.5, 0.6) is 0 Å². The van der Waals surface area contributed by atoms with Crippen molar-refractivity contribution in [3.8, 4) is 0 Å². The summed E-state index contributed by atoms with van der Waals surface area (Å²) in [4.78, 5) is 9.45. The Balaban J connectivity index is -0.000000147. The van der Waals surface area contributed by atoms with Gasteiger partial charge in [0, 0.05) is 0 Å². The largest absolute Gasteiger partial charge is 0.511 e. The van der Waals surface area contributed by atoms with Crippen LogP contribution in [-0.4, -0.2) is 18.1 Å². The lowest BCUT2D eigenvalue weighted by molar-refractivity contribution is -0.109. The van der Waals surface area contributed by atoms with E-state index in [-0.39, 0.29) is 12.3 Å². The predicted molar refractivity (Wildman–Crippen MR) is 62.3 cm³/mol. The number of amides is 1. The molecule has 0 unspecified atom stereocenters. The zero-order valence-electron chi connectivity index (χ0n) is 10.1. The summed E-state index contributed by atoms with van der Waals surface area (Å²) in [6.07, 6.45) is 1.75. The molecule has 0 aromatic heterocycles. The van der Waals surface area contributed by atoms with Gasteiger partial charge < -0.3 is 10.4 Å². The third-order valence-electron chi connectivity index (χ3n) is 0.389. The van der Waals surface area contributed by atoms with Crippen molar-refractivity contribution in [1.82, 2.24) is 5.32 Å². The molecule has 0 aliphatic rings. The Kier molecular flexibility index (Phi) is 24.0. The fourth-order valence-corrected chi connectivity index (χ4v) is 0.159. The maximum absolute atomic E-state index is 9.45. The molecule has 1 amide bonds. The number of rotatable bonds is 3. The highest BCUT2D eigenvalue weighted by molar-refractivity contribution is 5.46. The molecule has 14 heavy (non-hydrogen) atoms. The van der Waals surface area contributed by atoms with Crippen LogP contribution in [0.3, 0.4) is 0 Å². The van der Waals surface area contributed by atoms with Gasteiger partial charge in [-0.1, -0.05) is 47.6 Å². The lowest BCUT2D eigenvalue weighted by Crippen LogP contribution is -2.13.